The third kappa shape index (κ3) is 2.53. The van der Waals surface area contributed by atoms with E-state index in [-0.39, 0.29) is 24.5 Å². The summed E-state index contributed by atoms with van der Waals surface area (Å²) in [6, 6.07) is 0. The molecule has 1 amide bonds. The smallest absolute Gasteiger partial charge is 0.258 e. The molecule has 2 heterocycles. The third-order valence-corrected chi connectivity index (χ3v) is 3.21. The van der Waals surface area contributed by atoms with Crippen molar-refractivity contribution in [2.24, 2.45) is 5.73 Å². The minimum absolute atomic E-state index is 0.0210. The predicted molar refractivity (Wildman–Crippen MR) is 70.1 cm³/mol. The fraction of sp³-hybridized carbons (Fsp3) is 0.538. The van der Waals surface area contributed by atoms with Gasteiger partial charge in [-0.2, -0.15) is 5.10 Å². The highest BCUT2D eigenvalue weighted by Crippen LogP contribution is 2.28. The van der Waals surface area contributed by atoms with Crippen LogP contribution in [0, 0.1) is 0 Å². The van der Waals surface area contributed by atoms with Gasteiger partial charge in [-0.15, -0.1) is 0 Å². The summed E-state index contributed by atoms with van der Waals surface area (Å²) < 4.78 is 14.1. The molecule has 0 fully saturated rings. The van der Waals surface area contributed by atoms with Gasteiger partial charge >= 0.3 is 0 Å². The van der Waals surface area contributed by atoms with Crippen LogP contribution in [0.2, 0.25) is 0 Å². The van der Waals surface area contributed by atoms with Crippen molar-refractivity contribution in [3.05, 3.63) is 29.4 Å². The number of halogens is 1. The lowest BCUT2D eigenvalue weighted by Gasteiger charge is -2.31. The molecule has 2 N–H and O–H groups in total. The first-order valence-corrected chi connectivity index (χ1v) is 6.23. The maximum absolute atomic E-state index is 12.5. The van der Waals surface area contributed by atoms with E-state index in [9.17, 15) is 9.18 Å². The molecule has 0 radical (unpaired) electrons. The van der Waals surface area contributed by atoms with E-state index < -0.39 is 0 Å². The summed E-state index contributed by atoms with van der Waals surface area (Å²) in [5, 5.41) is 4.33. The Morgan fingerprint density at radius 2 is 2.26 bits per heavy atom. The molecule has 2 rings (SSSR count). The third-order valence-electron chi connectivity index (χ3n) is 3.21. The highest BCUT2D eigenvalue weighted by Gasteiger charge is 2.36. The molecule has 0 spiro atoms. The van der Waals surface area contributed by atoms with E-state index in [2.05, 4.69) is 5.10 Å². The summed E-state index contributed by atoms with van der Waals surface area (Å²) in [4.78, 5) is 14.0. The van der Waals surface area contributed by atoms with Gasteiger partial charge in [0.1, 0.15) is 0 Å². The number of nitrogens with two attached hydrogens (primary N) is 1. The summed E-state index contributed by atoms with van der Waals surface area (Å²) in [6.45, 7) is 6.89. The van der Waals surface area contributed by atoms with Crippen LogP contribution in [0.3, 0.4) is 0 Å². The minimum Gasteiger partial charge on any atom is -0.328 e. The molecule has 0 saturated carbocycles. The van der Waals surface area contributed by atoms with Crippen LogP contribution < -0.4 is 5.73 Å². The largest absolute Gasteiger partial charge is 0.328 e. The van der Waals surface area contributed by atoms with Gasteiger partial charge in [0.05, 0.1) is 30.7 Å². The molecule has 6 heteroatoms. The summed E-state index contributed by atoms with van der Waals surface area (Å²) in [5.41, 5.74) is 6.97. The molecule has 0 unspecified atom stereocenters. The number of aromatic nitrogens is 2. The lowest BCUT2D eigenvalue weighted by atomic mass is 10.1. The van der Waals surface area contributed by atoms with Gasteiger partial charge in [-0.25, -0.2) is 4.39 Å². The highest BCUT2D eigenvalue weighted by atomic mass is 19.1. The van der Waals surface area contributed by atoms with E-state index >= 15 is 0 Å². The van der Waals surface area contributed by atoms with Gasteiger partial charge in [-0.1, -0.05) is 0 Å². The van der Waals surface area contributed by atoms with Crippen LogP contribution >= 0.6 is 0 Å². The fourth-order valence-corrected chi connectivity index (χ4v) is 2.10. The van der Waals surface area contributed by atoms with Crippen LogP contribution in [0.25, 0.3) is 0 Å². The zero-order valence-corrected chi connectivity index (χ0v) is 11.5. The van der Waals surface area contributed by atoms with Crippen molar-refractivity contribution in [1.29, 1.82) is 0 Å². The number of hydrogen-bond acceptors (Lipinski definition) is 3. The van der Waals surface area contributed by atoms with Gasteiger partial charge in [0.25, 0.3) is 5.91 Å². The Morgan fingerprint density at radius 1 is 1.58 bits per heavy atom. The Kier molecular flexibility index (Phi) is 3.45. The van der Waals surface area contributed by atoms with Crippen molar-refractivity contribution < 1.29 is 9.18 Å². The van der Waals surface area contributed by atoms with Gasteiger partial charge in [0.2, 0.25) is 0 Å². The van der Waals surface area contributed by atoms with Crippen molar-refractivity contribution in [3.8, 4) is 0 Å². The Labute approximate surface area is 111 Å². The lowest BCUT2D eigenvalue weighted by molar-refractivity contribution is 0.0605. The standard InChI is InChI=1S/C13H19FN4O/c1-13(2,3)18-8-11-10(12(18)19)7-17(16-11)6-9(4-14)5-15/h4,7H,5-6,8,15H2,1-3H3. The second kappa shape index (κ2) is 4.77. The topological polar surface area (TPSA) is 64.2 Å². The Bertz CT molecular complexity index is 527. The van der Waals surface area contributed by atoms with Crippen LogP contribution in [-0.2, 0) is 13.1 Å². The first kappa shape index (κ1) is 13.7. The summed E-state index contributed by atoms with van der Waals surface area (Å²) >= 11 is 0. The molecule has 1 aliphatic heterocycles. The number of fused-ring (bicyclic) bond motifs is 1. The summed E-state index contributed by atoms with van der Waals surface area (Å²) in [5.74, 6) is -0.0210. The van der Waals surface area contributed by atoms with E-state index in [1.807, 2.05) is 20.8 Å². The quantitative estimate of drug-likeness (QED) is 0.900. The molecule has 1 aromatic rings. The molecule has 5 nitrogen and oxygen atoms in total. The zero-order chi connectivity index (χ0) is 14.2. The van der Waals surface area contributed by atoms with Crippen LogP contribution in [0.1, 0.15) is 36.8 Å². The molecule has 0 atom stereocenters. The van der Waals surface area contributed by atoms with Crippen molar-refractivity contribution in [3.63, 3.8) is 0 Å². The number of rotatable bonds is 3. The Balaban J connectivity index is 2.20. The molecular formula is C13H19FN4O. The predicted octanol–water partition coefficient (Wildman–Crippen LogP) is 1.45. The van der Waals surface area contributed by atoms with E-state index in [1.165, 1.54) is 0 Å². The maximum Gasteiger partial charge on any atom is 0.258 e. The SMILES string of the molecule is CC(C)(C)N1Cc2nn(CC(=CF)CN)cc2C1=O. The maximum atomic E-state index is 12.5. The van der Waals surface area contributed by atoms with Crippen molar-refractivity contribution >= 4 is 5.91 Å². The van der Waals surface area contributed by atoms with Gasteiger partial charge in [-0.05, 0) is 26.3 Å². The zero-order valence-electron chi connectivity index (χ0n) is 11.5. The fourth-order valence-electron chi connectivity index (χ4n) is 2.10. The molecule has 0 bridgehead atoms. The van der Waals surface area contributed by atoms with Gasteiger partial charge in [-0.3, -0.25) is 9.48 Å². The lowest BCUT2D eigenvalue weighted by Crippen LogP contribution is -2.41. The van der Waals surface area contributed by atoms with E-state index in [1.54, 1.807) is 15.8 Å². The minimum atomic E-state index is -0.225. The molecule has 0 saturated heterocycles. The molecule has 0 aliphatic carbocycles. The molecule has 104 valence electrons. The second-order valence-electron chi connectivity index (χ2n) is 5.72. The van der Waals surface area contributed by atoms with Gasteiger partial charge in [0.15, 0.2) is 0 Å². The molecule has 0 aromatic carbocycles. The summed E-state index contributed by atoms with van der Waals surface area (Å²) in [7, 11) is 0. The van der Waals surface area contributed by atoms with Crippen LogP contribution in [0.4, 0.5) is 4.39 Å². The molecule has 1 aromatic heterocycles. The van der Waals surface area contributed by atoms with Crippen LogP contribution in [0.15, 0.2) is 18.1 Å². The van der Waals surface area contributed by atoms with E-state index in [0.717, 1.165) is 5.69 Å². The molecule has 1 aliphatic rings. The van der Waals surface area contributed by atoms with Crippen molar-refractivity contribution in [2.45, 2.75) is 39.4 Å². The van der Waals surface area contributed by atoms with Crippen molar-refractivity contribution in [1.82, 2.24) is 14.7 Å². The van der Waals surface area contributed by atoms with Crippen LogP contribution in [0.5, 0.6) is 0 Å². The van der Waals surface area contributed by atoms with Crippen LogP contribution in [-0.4, -0.2) is 32.7 Å². The normalized spacial score (nSPS) is 16.2. The van der Waals surface area contributed by atoms with E-state index in [4.69, 9.17) is 5.73 Å². The monoisotopic (exact) mass is 266 g/mol. The molecular weight excluding hydrogens is 247 g/mol. The van der Waals surface area contributed by atoms with E-state index in [0.29, 0.717) is 24.0 Å². The molecule has 19 heavy (non-hydrogen) atoms. The average molecular weight is 266 g/mol. The number of carbonyl (C=O) groups excluding carboxylic acids is 1. The Morgan fingerprint density at radius 3 is 2.74 bits per heavy atom. The van der Waals surface area contributed by atoms with Crippen molar-refractivity contribution in [2.75, 3.05) is 6.54 Å². The Hall–Kier alpha value is -1.69. The number of hydrogen-bond donors (Lipinski definition) is 1. The first-order chi connectivity index (χ1) is 8.86. The highest BCUT2D eigenvalue weighted by molar-refractivity contribution is 5.98. The van der Waals surface area contributed by atoms with Gasteiger partial charge in [0, 0.05) is 18.3 Å². The number of nitrogens with zero attached hydrogens (tertiary/aromatic N) is 3. The first-order valence-electron chi connectivity index (χ1n) is 6.23. The number of carbonyl (C=O) groups is 1. The second-order valence-corrected chi connectivity index (χ2v) is 5.72. The average Bonchev–Trinajstić information content (AvgIpc) is 2.85. The summed E-state index contributed by atoms with van der Waals surface area (Å²) in [6.07, 6.45) is 2.17. The number of amides is 1. The van der Waals surface area contributed by atoms with Gasteiger partial charge < -0.3 is 10.6 Å².